The topological polar surface area (TPSA) is 18.5 Å². The van der Waals surface area contributed by atoms with Crippen molar-refractivity contribution in [2.45, 2.75) is 32.5 Å². The molecule has 0 bridgehead atoms. The molecule has 0 radical (unpaired) electrons. The molecule has 0 saturated carbocycles. The van der Waals surface area contributed by atoms with Crippen molar-refractivity contribution in [2.75, 3.05) is 13.2 Å². The van der Waals surface area contributed by atoms with E-state index in [9.17, 15) is 0 Å². The summed E-state index contributed by atoms with van der Waals surface area (Å²) in [5, 5.41) is 0. The Morgan fingerprint density at radius 2 is 1.29 bits per heavy atom. The second kappa shape index (κ2) is 8.97. The van der Waals surface area contributed by atoms with Gasteiger partial charge in [-0.3, -0.25) is 0 Å². The van der Waals surface area contributed by atoms with Gasteiger partial charge in [0.1, 0.15) is 0 Å². The van der Waals surface area contributed by atoms with Crippen molar-refractivity contribution >= 4 is 0 Å². The number of hydrogen-bond donors (Lipinski definition) is 0. The van der Waals surface area contributed by atoms with Crippen LogP contribution in [0.3, 0.4) is 0 Å². The van der Waals surface area contributed by atoms with E-state index >= 15 is 0 Å². The number of rotatable bonds is 10. The van der Waals surface area contributed by atoms with Crippen molar-refractivity contribution in [1.82, 2.24) is 0 Å². The highest BCUT2D eigenvalue weighted by atomic mass is 16.5. The van der Waals surface area contributed by atoms with Crippen molar-refractivity contribution < 1.29 is 9.47 Å². The van der Waals surface area contributed by atoms with Gasteiger partial charge in [0, 0.05) is 6.42 Å². The number of ether oxygens (including phenoxy) is 2. The molecular formula is C15H24O2. The second-order valence-electron chi connectivity index (χ2n) is 4.15. The van der Waals surface area contributed by atoms with Gasteiger partial charge in [-0.15, -0.1) is 13.2 Å². The molecule has 0 heterocycles. The molecule has 0 fully saturated rings. The predicted molar refractivity (Wildman–Crippen MR) is 74.1 cm³/mol. The summed E-state index contributed by atoms with van der Waals surface area (Å²) >= 11 is 0. The van der Waals surface area contributed by atoms with E-state index in [2.05, 4.69) is 26.3 Å². The van der Waals surface area contributed by atoms with Gasteiger partial charge in [-0.25, -0.2) is 0 Å². The first-order chi connectivity index (χ1) is 8.02. The van der Waals surface area contributed by atoms with E-state index < -0.39 is 0 Å². The highest BCUT2D eigenvalue weighted by Gasteiger charge is 2.18. The minimum atomic E-state index is -0.0282. The summed E-state index contributed by atoms with van der Waals surface area (Å²) in [6.07, 6.45) is 4.14. The Hall–Kier alpha value is -1.12. The normalized spacial score (nSPS) is 13.8. The van der Waals surface area contributed by atoms with Crippen LogP contribution in [0.4, 0.5) is 0 Å². The van der Waals surface area contributed by atoms with Gasteiger partial charge in [0.15, 0.2) is 0 Å². The molecule has 0 aliphatic carbocycles. The summed E-state index contributed by atoms with van der Waals surface area (Å²) in [5.41, 5.74) is 1.97. The Labute approximate surface area is 105 Å². The smallest absolute Gasteiger partial charge is 0.0811 e. The Kier molecular flexibility index (Phi) is 8.38. The molecule has 0 N–H and O–H groups in total. The third kappa shape index (κ3) is 6.93. The Balaban J connectivity index is 4.43. The second-order valence-corrected chi connectivity index (χ2v) is 4.15. The van der Waals surface area contributed by atoms with Gasteiger partial charge >= 0.3 is 0 Å². The largest absolute Gasteiger partial charge is 0.370 e. The molecule has 0 aromatic heterocycles. The van der Waals surface area contributed by atoms with Crippen molar-refractivity contribution in [3.8, 4) is 0 Å². The Bertz CT molecular complexity index is 251. The van der Waals surface area contributed by atoms with Crippen molar-refractivity contribution in [1.29, 1.82) is 0 Å². The molecule has 2 unspecified atom stereocenters. The van der Waals surface area contributed by atoms with E-state index in [4.69, 9.17) is 9.47 Å². The highest BCUT2D eigenvalue weighted by Crippen LogP contribution is 2.18. The quantitative estimate of drug-likeness (QED) is 0.539. The minimum Gasteiger partial charge on any atom is -0.370 e. The summed E-state index contributed by atoms with van der Waals surface area (Å²) < 4.78 is 11.3. The Morgan fingerprint density at radius 3 is 1.53 bits per heavy atom. The zero-order chi connectivity index (χ0) is 13.3. The standard InChI is InChI=1S/C15H24O2/c1-7-9-16-14(12(3)4)11-15(13(5)6)17-10-8-2/h7-8,14-15H,1-3,5,9-11H2,4,6H3. The molecule has 0 rings (SSSR count). The molecule has 0 aliphatic heterocycles. The van der Waals surface area contributed by atoms with Crippen LogP contribution in [-0.4, -0.2) is 25.4 Å². The molecule has 0 aromatic carbocycles. The third-order valence-corrected chi connectivity index (χ3v) is 2.36. The highest BCUT2D eigenvalue weighted by molar-refractivity contribution is 5.06. The molecule has 0 amide bonds. The molecule has 0 aliphatic rings. The fourth-order valence-corrected chi connectivity index (χ4v) is 1.39. The zero-order valence-corrected chi connectivity index (χ0v) is 11.1. The lowest BCUT2D eigenvalue weighted by atomic mass is 10.0. The van der Waals surface area contributed by atoms with Crippen LogP contribution in [-0.2, 0) is 9.47 Å². The molecule has 0 spiro atoms. The van der Waals surface area contributed by atoms with E-state index in [1.165, 1.54) is 0 Å². The van der Waals surface area contributed by atoms with Crippen LogP contribution in [0.15, 0.2) is 49.6 Å². The average molecular weight is 236 g/mol. The van der Waals surface area contributed by atoms with E-state index in [1.54, 1.807) is 12.2 Å². The lowest BCUT2D eigenvalue weighted by Gasteiger charge is -2.24. The van der Waals surface area contributed by atoms with Crippen molar-refractivity contribution in [2.24, 2.45) is 0 Å². The lowest BCUT2D eigenvalue weighted by Crippen LogP contribution is -2.25. The summed E-state index contributed by atoms with van der Waals surface area (Å²) in [5.74, 6) is 0. The maximum absolute atomic E-state index is 5.65. The number of hydrogen-bond acceptors (Lipinski definition) is 2. The first kappa shape index (κ1) is 15.9. The minimum absolute atomic E-state index is 0.0282. The summed E-state index contributed by atoms with van der Waals surface area (Å²) in [6, 6.07) is 0. The van der Waals surface area contributed by atoms with E-state index in [0.29, 0.717) is 13.2 Å². The van der Waals surface area contributed by atoms with Crippen molar-refractivity contribution in [3.63, 3.8) is 0 Å². The first-order valence-electron chi connectivity index (χ1n) is 5.78. The predicted octanol–water partition coefficient (Wildman–Crippen LogP) is 3.67. The fourth-order valence-electron chi connectivity index (χ4n) is 1.39. The molecular weight excluding hydrogens is 212 g/mol. The molecule has 17 heavy (non-hydrogen) atoms. The van der Waals surface area contributed by atoms with Gasteiger partial charge in [0.05, 0.1) is 25.4 Å². The van der Waals surface area contributed by atoms with Gasteiger partial charge in [0.25, 0.3) is 0 Å². The third-order valence-electron chi connectivity index (χ3n) is 2.36. The molecule has 96 valence electrons. The van der Waals surface area contributed by atoms with E-state index in [0.717, 1.165) is 17.6 Å². The molecule has 2 atom stereocenters. The van der Waals surface area contributed by atoms with Crippen LogP contribution in [0, 0.1) is 0 Å². The SMILES string of the molecule is C=CCOC(CC(OCC=C)C(=C)C)C(=C)C. The van der Waals surface area contributed by atoms with E-state index in [1.807, 2.05) is 13.8 Å². The summed E-state index contributed by atoms with van der Waals surface area (Å²) in [6.45, 7) is 20.1. The van der Waals surface area contributed by atoms with Crippen LogP contribution >= 0.6 is 0 Å². The summed E-state index contributed by atoms with van der Waals surface area (Å²) in [4.78, 5) is 0. The van der Waals surface area contributed by atoms with Gasteiger partial charge in [-0.1, -0.05) is 36.5 Å². The van der Waals surface area contributed by atoms with Crippen LogP contribution in [0.5, 0.6) is 0 Å². The zero-order valence-electron chi connectivity index (χ0n) is 11.1. The van der Waals surface area contributed by atoms with Gasteiger partial charge < -0.3 is 9.47 Å². The molecule has 0 aromatic rings. The first-order valence-corrected chi connectivity index (χ1v) is 5.78. The van der Waals surface area contributed by atoms with E-state index in [-0.39, 0.29) is 12.2 Å². The Morgan fingerprint density at radius 1 is 0.941 bits per heavy atom. The fraction of sp³-hybridized carbons (Fsp3) is 0.467. The van der Waals surface area contributed by atoms with Crippen LogP contribution in [0.2, 0.25) is 0 Å². The van der Waals surface area contributed by atoms with Gasteiger partial charge in [-0.2, -0.15) is 0 Å². The average Bonchev–Trinajstić information content (AvgIpc) is 2.27. The van der Waals surface area contributed by atoms with Gasteiger partial charge in [0.2, 0.25) is 0 Å². The monoisotopic (exact) mass is 236 g/mol. The van der Waals surface area contributed by atoms with Crippen molar-refractivity contribution in [3.05, 3.63) is 49.6 Å². The van der Waals surface area contributed by atoms with Gasteiger partial charge in [-0.05, 0) is 13.8 Å². The van der Waals surface area contributed by atoms with Crippen LogP contribution in [0.25, 0.3) is 0 Å². The lowest BCUT2D eigenvalue weighted by molar-refractivity contribution is 0.0298. The van der Waals surface area contributed by atoms with Crippen LogP contribution < -0.4 is 0 Å². The summed E-state index contributed by atoms with van der Waals surface area (Å²) in [7, 11) is 0. The molecule has 2 heteroatoms. The van der Waals surface area contributed by atoms with Crippen LogP contribution in [0.1, 0.15) is 20.3 Å². The maximum Gasteiger partial charge on any atom is 0.0811 e. The molecule has 0 saturated heterocycles. The maximum atomic E-state index is 5.65. The molecule has 2 nitrogen and oxygen atoms in total.